The van der Waals surface area contributed by atoms with Gasteiger partial charge in [-0.3, -0.25) is 14.9 Å². The predicted octanol–water partition coefficient (Wildman–Crippen LogP) is 2.45. The molecule has 0 radical (unpaired) electrons. The second-order valence-corrected chi connectivity index (χ2v) is 6.75. The van der Waals surface area contributed by atoms with Crippen molar-refractivity contribution < 1.29 is 18.7 Å². The fraction of sp³-hybridized carbons (Fsp3) is 0.421. The highest BCUT2D eigenvalue weighted by atomic mass is 19.1. The van der Waals surface area contributed by atoms with Crippen LogP contribution in [0.4, 0.5) is 10.3 Å². The molecule has 2 aromatic rings. The van der Waals surface area contributed by atoms with Crippen molar-refractivity contribution in [2.24, 2.45) is 5.92 Å². The first-order valence-corrected chi connectivity index (χ1v) is 9.10. The molecule has 0 aliphatic heterocycles. The molecule has 2 atom stereocenters. The van der Waals surface area contributed by atoms with E-state index in [1.165, 1.54) is 19.2 Å². The Morgan fingerprint density at radius 1 is 1.25 bits per heavy atom. The molecular weight excluding hydrogens is 365 g/mol. The third kappa shape index (κ3) is 5.45. The minimum Gasteiger partial charge on any atom is -0.475 e. The Morgan fingerprint density at radius 2 is 2.04 bits per heavy atom. The average Bonchev–Trinajstić information content (AvgIpc) is 3.52. The van der Waals surface area contributed by atoms with Crippen molar-refractivity contribution in [1.29, 1.82) is 0 Å². The van der Waals surface area contributed by atoms with Crippen LogP contribution in [0.5, 0.6) is 5.88 Å². The van der Waals surface area contributed by atoms with Crippen molar-refractivity contribution >= 4 is 17.8 Å². The SMILES string of the molecule is CC(NC(=O)c1ccnc(NC(=O)C2CC2)n1)c1ccc(OC[C@@H](C)F)nc1. The molecule has 2 aromatic heterocycles. The molecule has 1 aliphatic carbocycles. The van der Waals surface area contributed by atoms with Crippen molar-refractivity contribution in [2.75, 3.05) is 11.9 Å². The molecule has 0 spiro atoms. The maximum absolute atomic E-state index is 12.8. The summed E-state index contributed by atoms with van der Waals surface area (Å²) in [5.41, 5.74) is 0.906. The van der Waals surface area contributed by atoms with Crippen molar-refractivity contribution in [1.82, 2.24) is 20.3 Å². The lowest BCUT2D eigenvalue weighted by Gasteiger charge is -2.14. The molecule has 0 aromatic carbocycles. The zero-order chi connectivity index (χ0) is 20.1. The number of anilines is 1. The van der Waals surface area contributed by atoms with Crippen LogP contribution in [0.15, 0.2) is 30.6 Å². The molecule has 2 amide bonds. The molecule has 1 unspecified atom stereocenters. The van der Waals surface area contributed by atoms with E-state index in [-0.39, 0.29) is 36.1 Å². The number of rotatable bonds is 8. The van der Waals surface area contributed by atoms with Gasteiger partial charge in [0.1, 0.15) is 18.5 Å². The normalized spacial score (nSPS) is 15.4. The van der Waals surface area contributed by atoms with Crippen LogP contribution in [-0.4, -0.2) is 39.5 Å². The third-order valence-corrected chi connectivity index (χ3v) is 4.14. The quantitative estimate of drug-likeness (QED) is 0.721. The molecule has 0 bridgehead atoms. The number of halogens is 1. The standard InChI is InChI=1S/C19H22FN5O3/c1-11(20)10-28-16-6-5-14(9-22-16)12(2)23-18(27)15-7-8-21-19(24-15)25-17(26)13-3-4-13/h5-9,11-13H,3-4,10H2,1-2H3,(H,23,27)(H,21,24,25,26)/t11-,12?/m1/s1. The van der Waals surface area contributed by atoms with Gasteiger partial charge in [0.25, 0.3) is 5.91 Å². The molecule has 0 saturated heterocycles. The van der Waals surface area contributed by atoms with Crippen LogP contribution in [0, 0.1) is 5.92 Å². The second kappa shape index (κ2) is 8.73. The highest BCUT2D eigenvalue weighted by molar-refractivity contribution is 5.95. The minimum atomic E-state index is -1.08. The van der Waals surface area contributed by atoms with Crippen LogP contribution in [0.1, 0.15) is 48.8 Å². The maximum Gasteiger partial charge on any atom is 0.270 e. The average molecular weight is 387 g/mol. The van der Waals surface area contributed by atoms with E-state index >= 15 is 0 Å². The van der Waals surface area contributed by atoms with Crippen LogP contribution in [0.3, 0.4) is 0 Å². The Kier molecular flexibility index (Phi) is 6.13. The van der Waals surface area contributed by atoms with Gasteiger partial charge in [0.05, 0.1) is 6.04 Å². The zero-order valence-electron chi connectivity index (χ0n) is 15.7. The first-order chi connectivity index (χ1) is 13.4. The summed E-state index contributed by atoms with van der Waals surface area (Å²) in [6.07, 6.45) is 3.65. The van der Waals surface area contributed by atoms with Gasteiger partial charge in [-0.1, -0.05) is 6.07 Å². The number of nitrogens with one attached hydrogen (secondary N) is 2. The Bertz CT molecular complexity index is 840. The number of nitrogens with zero attached hydrogens (tertiary/aromatic N) is 3. The van der Waals surface area contributed by atoms with Gasteiger partial charge in [0, 0.05) is 24.4 Å². The highest BCUT2D eigenvalue weighted by Gasteiger charge is 2.30. The molecule has 2 heterocycles. The molecule has 2 N–H and O–H groups in total. The number of ether oxygens (including phenoxy) is 1. The summed E-state index contributed by atoms with van der Waals surface area (Å²) in [5, 5.41) is 5.43. The number of alkyl halides is 1. The zero-order valence-corrected chi connectivity index (χ0v) is 15.7. The first-order valence-electron chi connectivity index (χ1n) is 9.10. The van der Waals surface area contributed by atoms with Gasteiger partial charge in [0.2, 0.25) is 17.7 Å². The van der Waals surface area contributed by atoms with Gasteiger partial charge in [-0.2, -0.15) is 0 Å². The Balaban J connectivity index is 1.58. The number of carbonyl (C=O) groups excluding carboxylic acids is 2. The van der Waals surface area contributed by atoms with Gasteiger partial charge >= 0.3 is 0 Å². The summed E-state index contributed by atoms with van der Waals surface area (Å²) in [5.74, 6) is -0.0698. The maximum atomic E-state index is 12.8. The second-order valence-electron chi connectivity index (χ2n) is 6.75. The lowest BCUT2D eigenvalue weighted by Crippen LogP contribution is -2.28. The summed E-state index contributed by atoms with van der Waals surface area (Å²) in [6.45, 7) is 3.14. The summed E-state index contributed by atoms with van der Waals surface area (Å²) >= 11 is 0. The Labute approximate surface area is 161 Å². The van der Waals surface area contributed by atoms with E-state index < -0.39 is 12.1 Å². The smallest absolute Gasteiger partial charge is 0.270 e. The van der Waals surface area contributed by atoms with E-state index in [9.17, 15) is 14.0 Å². The summed E-state index contributed by atoms with van der Waals surface area (Å²) in [7, 11) is 0. The first kappa shape index (κ1) is 19.7. The lowest BCUT2D eigenvalue weighted by molar-refractivity contribution is -0.117. The van der Waals surface area contributed by atoms with Crippen molar-refractivity contribution in [3.05, 3.63) is 41.9 Å². The van der Waals surface area contributed by atoms with Crippen LogP contribution in [-0.2, 0) is 4.79 Å². The number of carbonyl (C=O) groups is 2. The van der Waals surface area contributed by atoms with E-state index in [1.54, 1.807) is 25.3 Å². The van der Waals surface area contributed by atoms with Crippen LogP contribution >= 0.6 is 0 Å². The number of hydrogen-bond donors (Lipinski definition) is 2. The van der Waals surface area contributed by atoms with Gasteiger partial charge in [-0.05, 0) is 38.3 Å². The monoisotopic (exact) mass is 387 g/mol. The van der Waals surface area contributed by atoms with Gasteiger partial charge in [-0.25, -0.2) is 19.3 Å². The van der Waals surface area contributed by atoms with Crippen molar-refractivity contribution in [3.8, 4) is 5.88 Å². The van der Waals surface area contributed by atoms with Crippen LogP contribution in [0.25, 0.3) is 0 Å². The van der Waals surface area contributed by atoms with Gasteiger partial charge in [0.15, 0.2) is 0 Å². The number of pyridine rings is 1. The lowest BCUT2D eigenvalue weighted by atomic mass is 10.1. The van der Waals surface area contributed by atoms with E-state index in [4.69, 9.17) is 4.74 Å². The third-order valence-electron chi connectivity index (χ3n) is 4.14. The van der Waals surface area contributed by atoms with Crippen molar-refractivity contribution in [2.45, 2.75) is 38.9 Å². The Hall–Kier alpha value is -3.10. The Morgan fingerprint density at radius 3 is 2.68 bits per heavy atom. The number of hydrogen-bond acceptors (Lipinski definition) is 6. The fourth-order valence-electron chi connectivity index (χ4n) is 2.39. The molecule has 1 fully saturated rings. The summed E-state index contributed by atoms with van der Waals surface area (Å²) < 4.78 is 18.0. The van der Waals surface area contributed by atoms with Crippen LogP contribution < -0.4 is 15.4 Å². The number of amides is 2. The minimum absolute atomic E-state index is 0.0219. The molecule has 9 heteroatoms. The molecular formula is C19H22FN5O3. The van der Waals surface area contributed by atoms with E-state index in [0.717, 1.165) is 18.4 Å². The van der Waals surface area contributed by atoms with Crippen molar-refractivity contribution in [3.63, 3.8) is 0 Å². The highest BCUT2D eigenvalue weighted by Crippen LogP contribution is 2.29. The number of aromatic nitrogens is 3. The topological polar surface area (TPSA) is 106 Å². The fourth-order valence-corrected chi connectivity index (χ4v) is 2.39. The molecule has 1 saturated carbocycles. The molecule has 28 heavy (non-hydrogen) atoms. The predicted molar refractivity (Wildman–Crippen MR) is 99.6 cm³/mol. The molecule has 1 aliphatic rings. The van der Waals surface area contributed by atoms with Crippen LogP contribution in [0.2, 0.25) is 0 Å². The molecule has 148 valence electrons. The summed E-state index contributed by atoms with van der Waals surface area (Å²) in [6, 6.07) is 4.50. The molecule has 3 rings (SSSR count). The summed E-state index contributed by atoms with van der Waals surface area (Å²) in [4.78, 5) is 36.4. The molecule has 8 nitrogen and oxygen atoms in total. The van der Waals surface area contributed by atoms with Gasteiger partial charge in [-0.15, -0.1) is 0 Å². The van der Waals surface area contributed by atoms with E-state index in [2.05, 4.69) is 25.6 Å². The van der Waals surface area contributed by atoms with Gasteiger partial charge < -0.3 is 10.1 Å². The van der Waals surface area contributed by atoms with E-state index in [0.29, 0.717) is 5.88 Å². The largest absolute Gasteiger partial charge is 0.475 e. The van der Waals surface area contributed by atoms with E-state index in [1.807, 2.05) is 0 Å².